The fourth-order valence-electron chi connectivity index (χ4n) is 5.01. The lowest BCUT2D eigenvalue weighted by atomic mass is 9.81. The Kier molecular flexibility index (Phi) is 13.9. The third kappa shape index (κ3) is 10.8. The molecule has 1 aromatic rings. The highest BCUT2D eigenvalue weighted by Gasteiger charge is 2.22. The van der Waals surface area contributed by atoms with E-state index < -0.39 is 0 Å². The van der Waals surface area contributed by atoms with Crippen molar-refractivity contribution < 1.29 is 4.79 Å². The van der Waals surface area contributed by atoms with Crippen molar-refractivity contribution in [2.45, 2.75) is 135 Å². The summed E-state index contributed by atoms with van der Waals surface area (Å²) in [6, 6.07) is 9.31. The summed E-state index contributed by atoms with van der Waals surface area (Å²) in [7, 11) is 0. The van der Waals surface area contributed by atoms with Gasteiger partial charge in [0.1, 0.15) is 0 Å². The fraction of sp³-hybridized carbons (Fsp3) is 0.759. The van der Waals surface area contributed by atoms with Crippen LogP contribution in [0.15, 0.2) is 24.3 Å². The number of hydrogen-bond acceptors (Lipinski definition) is 2. The average molecular weight is 428 g/mol. The van der Waals surface area contributed by atoms with E-state index >= 15 is 0 Å². The van der Waals surface area contributed by atoms with Crippen LogP contribution in [0.5, 0.6) is 0 Å². The Morgan fingerprint density at radius 1 is 0.742 bits per heavy atom. The largest absolute Gasteiger partial charge is 0.314 e. The van der Waals surface area contributed by atoms with E-state index in [1.807, 2.05) is 0 Å². The molecule has 0 heterocycles. The van der Waals surface area contributed by atoms with Crippen molar-refractivity contribution in [2.75, 3.05) is 6.54 Å². The number of ketones is 1. The lowest BCUT2D eigenvalue weighted by Crippen LogP contribution is -2.33. The molecule has 0 atom stereocenters. The summed E-state index contributed by atoms with van der Waals surface area (Å²) in [5.41, 5.74) is 2.34. The van der Waals surface area contributed by atoms with Gasteiger partial charge in [-0.2, -0.15) is 0 Å². The van der Waals surface area contributed by atoms with Crippen LogP contribution in [0.2, 0.25) is 0 Å². The Hall–Kier alpha value is -1.15. The standard InChI is InChI=1S/C29H49NO/c1-3-5-6-7-8-9-10-11-12-13-14-15-29(31)27-18-16-25(17-19-27)26-20-22-28(23-21-26)30-24-4-2/h16-19,26,28,30H,3-15,20-24H2,1-2H3. The van der Waals surface area contributed by atoms with E-state index in [1.165, 1.54) is 102 Å². The molecule has 2 heteroatoms. The maximum absolute atomic E-state index is 12.5. The molecule has 1 aliphatic carbocycles. The van der Waals surface area contributed by atoms with Gasteiger partial charge in [-0.3, -0.25) is 4.79 Å². The van der Waals surface area contributed by atoms with Crippen LogP contribution >= 0.6 is 0 Å². The number of unbranched alkanes of at least 4 members (excludes halogenated alkanes) is 10. The second kappa shape index (κ2) is 16.5. The minimum absolute atomic E-state index is 0.329. The average Bonchev–Trinajstić information content (AvgIpc) is 2.81. The Balaban J connectivity index is 1.55. The fourth-order valence-corrected chi connectivity index (χ4v) is 5.01. The molecule has 0 aromatic heterocycles. The zero-order chi connectivity index (χ0) is 22.2. The number of rotatable bonds is 17. The molecule has 1 N–H and O–H groups in total. The number of carbonyl (C=O) groups is 1. The minimum Gasteiger partial charge on any atom is -0.314 e. The molecule has 0 unspecified atom stereocenters. The zero-order valence-corrected chi connectivity index (χ0v) is 20.6. The summed E-state index contributed by atoms with van der Waals surface area (Å²) in [6.07, 6.45) is 21.7. The molecule has 0 spiro atoms. The monoisotopic (exact) mass is 427 g/mol. The highest BCUT2D eigenvalue weighted by atomic mass is 16.1. The normalized spacial score (nSPS) is 18.9. The summed E-state index contributed by atoms with van der Waals surface area (Å²) < 4.78 is 0. The zero-order valence-electron chi connectivity index (χ0n) is 20.6. The van der Waals surface area contributed by atoms with E-state index in [9.17, 15) is 4.79 Å². The number of benzene rings is 1. The van der Waals surface area contributed by atoms with Crippen molar-refractivity contribution in [3.05, 3.63) is 35.4 Å². The predicted octanol–water partition coefficient (Wildman–Crippen LogP) is 8.60. The van der Waals surface area contributed by atoms with Crippen LogP contribution < -0.4 is 5.32 Å². The first-order valence-corrected chi connectivity index (χ1v) is 13.6. The van der Waals surface area contributed by atoms with Gasteiger partial charge in [-0.25, -0.2) is 0 Å². The van der Waals surface area contributed by atoms with Gasteiger partial charge >= 0.3 is 0 Å². The summed E-state index contributed by atoms with van der Waals surface area (Å²) in [5.74, 6) is 1.01. The van der Waals surface area contributed by atoms with Crippen LogP contribution in [0.4, 0.5) is 0 Å². The van der Waals surface area contributed by atoms with Gasteiger partial charge in [-0.05, 0) is 56.6 Å². The van der Waals surface area contributed by atoms with Crippen LogP contribution in [-0.2, 0) is 0 Å². The van der Waals surface area contributed by atoms with Crippen molar-refractivity contribution in [3.8, 4) is 0 Å². The highest BCUT2D eigenvalue weighted by molar-refractivity contribution is 5.96. The quantitative estimate of drug-likeness (QED) is 0.199. The number of Topliss-reactive ketones (excluding diaryl/α,β-unsaturated/α-hetero) is 1. The van der Waals surface area contributed by atoms with Gasteiger partial charge in [-0.15, -0.1) is 0 Å². The van der Waals surface area contributed by atoms with Gasteiger partial charge < -0.3 is 5.32 Å². The molecule has 0 bridgehead atoms. The van der Waals surface area contributed by atoms with E-state index in [2.05, 4.69) is 43.4 Å². The van der Waals surface area contributed by atoms with E-state index in [1.54, 1.807) is 0 Å². The number of hydrogen-bond donors (Lipinski definition) is 1. The minimum atomic E-state index is 0.329. The first-order valence-electron chi connectivity index (χ1n) is 13.6. The summed E-state index contributed by atoms with van der Waals surface area (Å²) in [4.78, 5) is 12.5. The Labute approximate surface area is 193 Å². The van der Waals surface area contributed by atoms with Crippen molar-refractivity contribution in [3.63, 3.8) is 0 Å². The van der Waals surface area contributed by atoms with Gasteiger partial charge in [0.2, 0.25) is 0 Å². The maximum Gasteiger partial charge on any atom is 0.162 e. The smallest absolute Gasteiger partial charge is 0.162 e. The molecule has 1 aliphatic rings. The van der Waals surface area contributed by atoms with Gasteiger partial charge in [0.05, 0.1) is 0 Å². The molecule has 0 aliphatic heterocycles. The van der Waals surface area contributed by atoms with Gasteiger partial charge in [-0.1, -0.05) is 102 Å². The van der Waals surface area contributed by atoms with E-state index in [-0.39, 0.29) is 0 Å². The molecular formula is C29H49NO. The summed E-state index contributed by atoms with van der Waals surface area (Å²) >= 11 is 0. The molecule has 176 valence electrons. The Bertz CT molecular complexity index is 571. The van der Waals surface area contributed by atoms with Crippen LogP contribution in [0, 0.1) is 0 Å². The first kappa shape index (κ1) is 26.1. The summed E-state index contributed by atoms with van der Waals surface area (Å²) in [5, 5.41) is 3.67. The lowest BCUT2D eigenvalue weighted by molar-refractivity contribution is 0.0979. The van der Waals surface area contributed by atoms with Crippen molar-refractivity contribution >= 4 is 5.78 Å². The van der Waals surface area contributed by atoms with Crippen molar-refractivity contribution in [1.29, 1.82) is 0 Å². The highest BCUT2D eigenvalue weighted by Crippen LogP contribution is 2.33. The molecule has 31 heavy (non-hydrogen) atoms. The maximum atomic E-state index is 12.5. The molecule has 0 saturated heterocycles. The number of carbonyl (C=O) groups excluding carboxylic acids is 1. The topological polar surface area (TPSA) is 29.1 Å². The second-order valence-electron chi connectivity index (χ2n) is 9.83. The molecule has 2 rings (SSSR count). The summed E-state index contributed by atoms with van der Waals surface area (Å²) in [6.45, 7) is 5.66. The van der Waals surface area contributed by atoms with E-state index in [0.29, 0.717) is 24.2 Å². The first-order chi connectivity index (χ1) is 15.2. The molecule has 1 saturated carbocycles. The predicted molar refractivity (Wildman–Crippen MR) is 135 cm³/mol. The molecule has 0 radical (unpaired) electrons. The van der Waals surface area contributed by atoms with Gasteiger partial charge in [0.15, 0.2) is 5.78 Å². The molecule has 0 amide bonds. The SMILES string of the molecule is CCCCCCCCCCCCCC(=O)c1ccc(C2CCC(NCCC)CC2)cc1. The van der Waals surface area contributed by atoms with E-state index in [4.69, 9.17) is 0 Å². The number of nitrogens with one attached hydrogen (secondary N) is 1. The third-order valence-electron chi connectivity index (χ3n) is 7.12. The lowest BCUT2D eigenvalue weighted by Gasteiger charge is -2.29. The molecule has 2 nitrogen and oxygen atoms in total. The van der Waals surface area contributed by atoms with Crippen LogP contribution in [0.25, 0.3) is 0 Å². The molecular weight excluding hydrogens is 378 g/mol. The molecule has 1 aromatic carbocycles. The van der Waals surface area contributed by atoms with Crippen LogP contribution in [-0.4, -0.2) is 18.4 Å². The third-order valence-corrected chi connectivity index (χ3v) is 7.12. The van der Waals surface area contributed by atoms with Crippen molar-refractivity contribution in [2.24, 2.45) is 0 Å². The Morgan fingerprint density at radius 2 is 1.29 bits per heavy atom. The molecule has 1 fully saturated rings. The van der Waals surface area contributed by atoms with Crippen molar-refractivity contribution in [1.82, 2.24) is 5.32 Å². The van der Waals surface area contributed by atoms with E-state index in [0.717, 1.165) is 18.5 Å². The van der Waals surface area contributed by atoms with Gasteiger partial charge in [0.25, 0.3) is 0 Å². The Morgan fingerprint density at radius 3 is 1.84 bits per heavy atom. The van der Waals surface area contributed by atoms with Crippen LogP contribution in [0.3, 0.4) is 0 Å². The second-order valence-corrected chi connectivity index (χ2v) is 9.83. The van der Waals surface area contributed by atoms with Gasteiger partial charge in [0, 0.05) is 18.0 Å². The van der Waals surface area contributed by atoms with Crippen LogP contribution in [0.1, 0.15) is 145 Å².